The van der Waals surface area contributed by atoms with Crippen molar-refractivity contribution in [3.63, 3.8) is 0 Å². The van der Waals surface area contributed by atoms with Crippen LogP contribution in [0.1, 0.15) is 17.5 Å². The molecule has 0 radical (unpaired) electrons. The lowest BCUT2D eigenvalue weighted by atomic mass is 10.1. The van der Waals surface area contributed by atoms with Gasteiger partial charge in [-0.2, -0.15) is 5.10 Å². The molecule has 23 heavy (non-hydrogen) atoms. The maximum atomic E-state index is 11.8. The van der Waals surface area contributed by atoms with Gasteiger partial charge in [0.2, 0.25) is 5.91 Å². The molecule has 0 aliphatic rings. The van der Waals surface area contributed by atoms with E-state index in [9.17, 15) is 4.79 Å². The van der Waals surface area contributed by atoms with E-state index >= 15 is 0 Å². The number of hydrogen-bond donors (Lipinski definition) is 1. The van der Waals surface area contributed by atoms with Gasteiger partial charge in [-0.1, -0.05) is 30.3 Å². The van der Waals surface area contributed by atoms with Gasteiger partial charge in [-0.05, 0) is 24.1 Å². The molecule has 1 N–H and O–H groups in total. The molecule has 2 rings (SSSR count). The van der Waals surface area contributed by atoms with Gasteiger partial charge in [0.15, 0.2) is 0 Å². The maximum Gasteiger partial charge on any atom is 0.240 e. The number of benzene rings is 2. The quantitative estimate of drug-likeness (QED) is 0.632. The normalized spacial score (nSPS) is 10.5. The summed E-state index contributed by atoms with van der Waals surface area (Å²) in [5, 5.41) is 3.97. The topological polar surface area (TPSA) is 59.9 Å². The molecule has 0 bridgehead atoms. The van der Waals surface area contributed by atoms with Gasteiger partial charge in [-0.3, -0.25) is 4.79 Å². The summed E-state index contributed by atoms with van der Waals surface area (Å²) in [5.41, 5.74) is 4.41. The number of hydrogen-bond acceptors (Lipinski definition) is 4. The van der Waals surface area contributed by atoms with Gasteiger partial charge in [-0.25, -0.2) is 5.43 Å². The van der Waals surface area contributed by atoms with Gasteiger partial charge in [0, 0.05) is 18.1 Å². The predicted octanol–water partition coefficient (Wildman–Crippen LogP) is 2.79. The van der Waals surface area contributed by atoms with Crippen LogP contribution in [-0.2, 0) is 11.2 Å². The van der Waals surface area contributed by atoms with Crippen LogP contribution in [0.25, 0.3) is 0 Å². The number of aryl methyl sites for hydroxylation is 1. The first-order valence-corrected chi connectivity index (χ1v) is 7.31. The van der Waals surface area contributed by atoms with E-state index in [-0.39, 0.29) is 5.91 Å². The van der Waals surface area contributed by atoms with Gasteiger partial charge in [0.05, 0.1) is 20.4 Å². The molecule has 120 valence electrons. The van der Waals surface area contributed by atoms with Gasteiger partial charge in [0.25, 0.3) is 0 Å². The average Bonchev–Trinajstić information content (AvgIpc) is 2.61. The summed E-state index contributed by atoms with van der Waals surface area (Å²) < 4.78 is 10.4. The molecule has 0 unspecified atom stereocenters. The first-order valence-electron chi connectivity index (χ1n) is 7.31. The van der Waals surface area contributed by atoms with Crippen molar-refractivity contribution in [3.8, 4) is 11.5 Å². The summed E-state index contributed by atoms with van der Waals surface area (Å²) in [6.45, 7) is 0. The Hall–Kier alpha value is -2.82. The largest absolute Gasteiger partial charge is 0.497 e. The molecular formula is C18H20N2O3. The van der Waals surface area contributed by atoms with E-state index in [2.05, 4.69) is 10.5 Å². The van der Waals surface area contributed by atoms with Gasteiger partial charge in [0.1, 0.15) is 11.5 Å². The van der Waals surface area contributed by atoms with Crippen molar-refractivity contribution in [1.29, 1.82) is 0 Å². The zero-order valence-electron chi connectivity index (χ0n) is 13.3. The number of carbonyl (C=O) groups is 1. The maximum absolute atomic E-state index is 11.8. The lowest BCUT2D eigenvalue weighted by molar-refractivity contribution is -0.121. The smallest absolute Gasteiger partial charge is 0.240 e. The fourth-order valence-corrected chi connectivity index (χ4v) is 2.06. The molecule has 5 nitrogen and oxygen atoms in total. The molecule has 0 heterocycles. The molecule has 0 saturated carbocycles. The number of rotatable bonds is 7. The van der Waals surface area contributed by atoms with Crippen LogP contribution in [0.3, 0.4) is 0 Å². The van der Waals surface area contributed by atoms with Gasteiger partial charge < -0.3 is 9.47 Å². The summed E-state index contributed by atoms with van der Waals surface area (Å²) in [5.74, 6) is 1.20. The van der Waals surface area contributed by atoms with Crippen molar-refractivity contribution in [2.24, 2.45) is 5.10 Å². The highest BCUT2D eigenvalue weighted by atomic mass is 16.5. The fraction of sp³-hybridized carbons (Fsp3) is 0.222. The molecule has 2 aromatic carbocycles. The SMILES string of the molecule is COc1ccc(C=NNC(=O)CCc2ccccc2)c(OC)c1. The average molecular weight is 312 g/mol. The van der Waals surface area contributed by atoms with Crippen molar-refractivity contribution in [2.75, 3.05) is 14.2 Å². The van der Waals surface area contributed by atoms with E-state index in [1.54, 1.807) is 32.6 Å². The zero-order chi connectivity index (χ0) is 16.5. The first-order chi connectivity index (χ1) is 11.2. The minimum atomic E-state index is -0.127. The summed E-state index contributed by atoms with van der Waals surface area (Å²) >= 11 is 0. The van der Waals surface area contributed by atoms with Crippen molar-refractivity contribution in [2.45, 2.75) is 12.8 Å². The van der Waals surface area contributed by atoms with Crippen molar-refractivity contribution in [3.05, 3.63) is 59.7 Å². The van der Waals surface area contributed by atoms with Crippen LogP contribution in [0, 0.1) is 0 Å². The van der Waals surface area contributed by atoms with E-state index in [4.69, 9.17) is 9.47 Å². The Morgan fingerprint density at radius 2 is 1.91 bits per heavy atom. The minimum absolute atomic E-state index is 0.127. The highest BCUT2D eigenvalue weighted by Crippen LogP contribution is 2.22. The number of nitrogens with zero attached hydrogens (tertiary/aromatic N) is 1. The number of amides is 1. The van der Waals surface area contributed by atoms with E-state index < -0.39 is 0 Å². The van der Waals surface area contributed by atoms with Crippen LogP contribution < -0.4 is 14.9 Å². The molecule has 0 fully saturated rings. The Balaban J connectivity index is 1.87. The van der Waals surface area contributed by atoms with E-state index in [0.717, 1.165) is 11.1 Å². The second-order valence-electron chi connectivity index (χ2n) is 4.89. The Kier molecular flexibility index (Phi) is 6.17. The minimum Gasteiger partial charge on any atom is -0.497 e. The summed E-state index contributed by atoms with van der Waals surface area (Å²) in [4.78, 5) is 11.8. The molecule has 0 atom stereocenters. The van der Waals surface area contributed by atoms with E-state index in [1.807, 2.05) is 36.4 Å². The van der Waals surface area contributed by atoms with Crippen LogP contribution in [0.5, 0.6) is 11.5 Å². The van der Waals surface area contributed by atoms with Crippen LogP contribution in [0.4, 0.5) is 0 Å². The van der Waals surface area contributed by atoms with Crippen molar-refractivity contribution in [1.82, 2.24) is 5.43 Å². The van der Waals surface area contributed by atoms with Crippen molar-refractivity contribution >= 4 is 12.1 Å². The number of ether oxygens (including phenoxy) is 2. The van der Waals surface area contributed by atoms with Crippen LogP contribution in [0.15, 0.2) is 53.6 Å². The van der Waals surface area contributed by atoms with E-state index in [0.29, 0.717) is 24.3 Å². The highest BCUT2D eigenvalue weighted by molar-refractivity contribution is 5.85. The molecule has 0 aliphatic heterocycles. The number of nitrogens with one attached hydrogen (secondary N) is 1. The molecule has 2 aromatic rings. The van der Waals surface area contributed by atoms with Gasteiger partial charge in [-0.15, -0.1) is 0 Å². The van der Waals surface area contributed by atoms with Gasteiger partial charge >= 0.3 is 0 Å². The molecule has 0 aliphatic carbocycles. The molecule has 1 amide bonds. The Bertz CT molecular complexity index is 669. The second-order valence-corrected chi connectivity index (χ2v) is 4.89. The van der Waals surface area contributed by atoms with Crippen LogP contribution in [-0.4, -0.2) is 26.3 Å². The zero-order valence-corrected chi connectivity index (χ0v) is 13.3. The Morgan fingerprint density at radius 1 is 1.13 bits per heavy atom. The molecule has 0 saturated heterocycles. The lowest BCUT2D eigenvalue weighted by Gasteiger charge is -2.07. The fourth-order valence-electron chi connectivity index (χ4n) is 2.06. The van der Waals surface area contributed by atoms with Crippen LogP contribution >= 0.6 is 0 Å². The molecular weight excluding hydrogens is 292 g/mol. The third-order valence-corrected chi connectivity index (χ3v) is 3.32. The standard InChI is InChI=1S/C18H20N2O3/c1-22-16-10-9-15(17(12-16)23-2)13-19-20-18(21)11-8-14-6-4-3-5-7-14/h3-7,9-10,12-13H,8,11H2,1-2H3,(H,20,21). The molecule has 0 aromatic heterocycles. The third-order valence-electron chi connectivity index (χ3n) is 3.32. The van der Waals surface area contributed by atoms with E-state index in [1.165, 1.54) is 0 Å². The predicted molar refractivity (Wildman–Crippen MR) is 90.0 cm³/mol. The number of hydrazone groups is 1. The summed E-state index contributed by atoms with van der Waals surface area (Å²) in [7, 11) is 3.17. The Labute approximate surface area is 135 Å². The lowest BCUT2D eigenvalue weighted by Crippen LogP contribution is -2.17. The first kappa shape index (κ1) is 16.5. The second kappa shape index (κ2) is 8.58. The monoisotopic (exact) mass is 312 g/mol. The third kappa shape index (κ3) is 5.14. The molecule has 0 spiro atoms. The van der Waals surface area contributed by atoms with Crippen LogP contribution in [0.2, 0.25) is 0 Å². The number of methoxy groups -OCH3 is 2. The molecule has 5 heteroatoms. The summed E-state index contributed by atoms with van der Waals surface area (Å²) in [6.07, 6.45) is 2.63. The highest BCUT2D eigenvalue weighted by Gasteiger charge is 2.04. The summed E-state index contributed by atoms with van der Waals surface area (Å²) in [6, 6.07) is 15.3. The number of carbonyl (C=O) groups excluding carboxylic acids is 1. The van der Waals surface area contributed by atoms with Crippen molar-refractivity contribution < 1.29 is 14.3 Å². The Morgan fingerprint density at radius 3 is 2.61 bits per heavy atom.